The Morgan fingerprint density at radius 2 is 1.70 bits per heavy atom. The largest absolute Gasteiger partial charge is 0.381 e. The van der Waals surface area contributed by atoms with Crippen LogP contribution in [0.3, 0.4) is 0 Å². The Balaban J connectivity index is 1.80. The van der Waals surface area contributed by atoms with Crippen molar-refractivity contribution >= 4 is 11.7 Å². The lowest BCUT2D eigenvalue weighted by Gasteiger charge is -2.34. The van der Waals surface area contributed by atoms with Crippen LogP contribution >= 0.6 is 0 Å². The molecule has 0 spiro atoms. The zero-order valence-electron chi connectivity index (χ0n) is 14.4. The zero-order valence-corrected chi connectivity index (χ0v) is 14.4. The predicted molar refractivity (Wildman–Crippen MR) is 90.6 cm³/mol. The monoisotopic (exact) mass is 317 g/mol. The molecule has 1 fully saturated rings. The summed E-state index contributed by atoms with van der Waals surface area (Å²) in [6.45, 7) is 1.99. The molecule has 0 heterocycles. The van der Waals surface area contributed by atoms with E-state index < -0.39 is 0 Å². The van der Waals surface area contributed by atoms with Crippen molar-refractivity contribution in [1.82, 2.24) is 4.90 Å². The SMILES string of the molecule is COC1CCC(N(C)C(=O)CCC(=O)c2ccc(C)cc2)CC1. The fourth-order valence-electron chi connectivity index (χ4n) is 3.15. The lowest BCUT2D eigenvalue weighted by Crippen LogP contribution is -2.40. The van der Waals surface area contributed by atoms with Crippen molar-refractivity contribution in [3.63, 3.8) is 0 Å². The zero-order chi connectivity index (χ0) is 16.8. The minimum absolute atomic E-state index is 0.0369. The van der Waals surface area contributed by atoms with Crippen LogP contribution in [-0.2, 0) is 9.53 Å². The Labute approximate surface area is 138 Å². The molecule has 23 heavy (non-hydrogen) atoms. The Kier molecular flexibility index (Phi) is 6.34. The molecule has 126 valence electrons. The molecule has 0 N–H and O–H groups in total. The second-order valence-corrected chi connectivity index (χ2v) is 6.46. The molecule has 1 saturated carbocycles. The van der Waals surface area contributed by atoms with Gasteiger partial charge < -0.3 is 9.64 Å². The first-order valence-electron chi connectivity index (χ1n) is 8.39. The van der Waals surface area contributed by atoms with Gasteiger partial charge in [0.2, 0.25) is 5.91 Å². The van der Waals surface area contributed by atoms with E-state index in [-0.39, 0.29) is 30.6 Å². The minimum Gasteiger partial charge on any atom is -0.381 e. The van der Waals surface area contributed by atoms with Crippen molar-refractivity contribution in [2.75, 3.05) is 14.2 Å². The highest BCUT2D eigenvalue weighted by molar-refractivity contribution is 5.97. The van der Waals surface area contributed by atoms with Gasteiger partial charge in [0, 0.05) is 38.6 Å². The van der Waals surface area contributed by atoms with Gasteiger partial charge in [0.05, 0.1) is 6.10 Å². The highest BCUT2D eigenvalue weighted by atomic mass is 16.5. The molecule has 0 unspecified atom stereocenters. The van der Waals surface area contributed by atoms with E-state index in [1.807, 2.05) is 43.1 Å². The normalized spacial score (nSPS) is 21.0. The van der Waals surface area contributed by atoms with E-state index in [2.05, 4.69) is 0 Å². The number of benzene rings is 1. The standard InChI is InChI=1S/C19H27NO3/c1-14-4-6-15(7-5-14)18(21)12-13-19(22)20(2)16-8-10-17(23-3)11-9-16/h4-7,16-17H,8-13H2,1-3H3. The van der Waals surface area contributed by atoms with Gasteiger partial charge >= 0.3 is 0 Å². The number of ether oxygens (including phenoxy) is 1. The molecule has 1 aliphatic carbocycles. The van der Waals surface area contributed by atoms with E-state index in [1.165, 1.54) is 0 Å². The van der Waals surface area contributed by atoms with Gasteiger partial charge in [-0.15, -0.1) is 0 Å². The fraction of sp³-hybridized carbons (Fsp3) is 0.579. The number of ketones is 1. The molecular formula is C19H27NO3. The molecule has 1 amide bonds. The van der Waals surface area contributed by atoms with Gasteiger partial charge in [0.15, 0.2) is 5.78 Å². The molecule has 0 aliphatic heterocycles. The molecule has 1 aromatic rings. The van der Waals surface area contributed by atoms with Crippen LogP contribution in [0.2, 0.25) is 0 Å². The molecular weight excluding hydrogens is 290 g/mol. The summed E-state index contributed by atoms with van der Waals surface area (Å²) in [4.78, 5) is 26.3. The number of aryl methyl sites for hydroxylation is 1. The first-order valence-corrected chi connectivity index (χ1v) is 8.39. The minimum atomic E-state index is 0.0369. The average molecular weight is 317 g/mol. The fourth-order valence-corrected chi connectivity index (χ4v) is 3.15. The number of amides is 1. The summed E-state index contributed by atoms with van der Waals surface area (Å²) in [6, 6.07) is 7.80. The van der Waals surface area contributed by atoms with Crippen molar-refractivity contribution in [3.8, 4) is 0 Å². The molecule has 0 radical (unpaired) electrons. The van der Waals surface area contributed by atoms with Crippen LogP contribution in [0.25, 0.3) is 0 Å². The summed E-state index contributed by atoms with van der Waals surface area (Å²) in [7, 11) is 3.60. The quantitative estimate of drug-likeness (QED) is 0.756. The van der Waals surface area contributed by atoms with Gasteiger partial charge in [-0.2, -0.15) is 0 Å². The van der Waals surface area contributed by atoms with Crippen LogP contribution in [0.15, 0.2) is 24.3 Å². The van der Waals surface area contributed by atoms with E-state index in [0.29, 0.717) is 11.7 Å². The van der Waals surface area contributed by atoms with E-state index in [1.54, 1.807) is 7.11 Å². The highest BCUT2D eigenvalue weighted by Crippen LogP contribution is 2.24. The maximum Gasteiger partial charge on any atom is 0.223 e. The molecule has 4 heteroatoms. The Morgan fingerprint density at radius 1 is 1.09 bits per heavy atom. The Bertz CT molecular complexity index is 530. The van der Waals surface area contributed by atoms with Gasteiger partial charge in [-0.1, -0.05) is 29.8 Å². The summed E-state index contributed by atoms with van der Waals surface area (Å²) in [5.41, 5.74) is 1.82. The maximum absolute atomic E-state index is 12.3. The lowest BCUT2D eigenvalue weighted by atomic mass is 9.92. The number of hydrogen-bond donors (Lipinski definition) is 0. The third-order valence-corrected chi connectivity index (χ3v) is 4.86. The predicted octanol–water partition coefficient (Wildman–Crippen LogP) is 3.37. The van der Waals surface area contributed by atoms with E-state index in [9.17, 15) is 9.59 Å². The van der Waals surface area contributed by atoms with Crippen LogP contribution in [0.4, 0.5) is 0 Å². The molecule has 2 rings (SSSR count). The average Bonchev–Trinajstić information content (AvgIpc) is 2.59. The van der Waals surface area contributed by atoms with Gasteiger partial charge in [-0.3, -0.25) is 9.59 Å². The van der Waals surface area contributed by atoms with Crippen LogP contribution in [-0.4, -0.2) is 42.9 Å². The summed E-state index contributed by atoms with van der Waals surface area (Å²) >= 11 is 0. The first-order chi connectivity index (χ1) is 11.0. The number of carbonyl (C=O) groups is 2. The van der Waals surface area contributed by atoms with Gasteiger partial charge in [0.1, 0.15) is 0 Å². The summed E-state index contributed by atoms with van der Waals surface area (Å²) in [5, 5.41) is 0. The molecule has 0 saturated heterocycles. The van der Waals surface area contributed by atoms with Gasteiger partial charge in [0.25, 0.3) is 0 Å². The van der Waals surface area contributed by atoms with Crippen molar-refractivity contribution in [3.05, 3.63) is 35.4 Å². The van der Waals surface area contributed by atoms with Gasteiger partial charge in [-0.25, -0.2) is 0 Å². The third kappa shape index (κ3) is 4.90. The molecule has 1 aliphatic rings. The van der Waals surface area contributed by atoms with Crippen LogP contribution in [0.5, 0.6) is 0 Å². The number of Topliss-reactive ketones (excluding diaryl/α,β-unsaturated/α-hetero) is 1. The van der Waals surface area contributed by atoms with Crippen molar-refractivity contribution in [2.45, 2.75) is 57.6 Å². The molecule has 0 aromatic heterocycles. The number of carbonyl (C=O) groups excluding carboxylic acids is 2. The van der Waals surface area contributed by atoms with Crippen LogP contribution in [0, 0.1) is 6.92 Å². The third-order valence-electron chi connectivity index (χ3n) is 4.86. The van der Waals surface area contributed by atoms with E-state index in [0.717, 1.165) is 31.2 Å². The number of hydrogen-bond acceptors (Lipinski definition) is 3. The van der Waals surface area contributed by atoms with Gasteiger partial charge in [-0.05, 0) is 32.6 Å². The molecule has 0 atom stereocenters. The number of methoxy groups -OCH3 is 1. The van der Waals surface area contributed by atoms with Crippen molar-refractivity contribution in [1.29, 1.82) is 0 Å². The maximum atomic E-state index is 12.3. The van der Waals surface area contributed by atoms with E-state index >= 15 is 0 Å². The Hall–Kier alpha value is -1.68. The lowest BCUT2D eigenvalue weighted by molar-refractivity contribution is -0.133. The smallest absolute Gasteiger partial charge is 0.223 e. The second kappa shape index (κ2) is 8.25. The highest BCUT2D eigenvalue weighted by Gasteiger charge is 2.26. The second-order valence-electron chi connectivity index (χ2n) is 6.46. The van der Waals surface area contributed by atoms with E-state index in [4.69, 9.17) is 4.74 Å². The summed E-state index contributed by atoms with van der Waals surface area (Å²) < 4.78 is 5.37. The summed E-state index contributed by atoms with van der Waals surface area (Å²) in [6.07, 6.45) is 4.85. The number of nitrogens with zero attached hydrogens (tertiary/aromatic N) is 1. The summed E-state index contributed by atoms with van der Waals surface area (Å²) in [5.74, 6) is 0.0983. The topological polar surface area (TPSA) is 46.6 Å². The molecule has 4 nitrogen and oxygen atoms in total. The van der Waals surface area contributed by atoms with Crippen molar-refractivity contribution < 1.29 is 14.3 Å². The molecule has 1 aromatic carbocycles. The van der Waals surface area contributed by atoms with Crippen LogP contribution in [0.1, 0.15) is 54.4 Å². The van der Waals surface area contributed by atoms with Crippen molar-refractivity contribution in [2.24, 2.45) is 0 Å². The number of rotatable bonds is 6. The Morgan fingerprint density at radius 3 is 2.26 bits per heavy atom. The first kappa shape index (κ1) is 17.7. The van der Waals surface area contributed by atoms with Crippen LogP contribution < -0.4 is 0 Å². The molecule has 0 bridgehead atoms.